The summed E-state index contributed by atoms with van der Waals surface area (Å²) < 4.78 is 5.34. The van der Waals surface area contributed by atoms with Crippen LogP contribution in [0.2, 0.25) is 0 Å². The number of para-hydroxylation sites is 1. The number of hydrogen-bond acceptors (Lipinski definition) is 6. The van der Waals surface area contributed by atoms with Crippen LogP contribution in [-0.2, 0) is 11.2 Å². The third-order valence-corrected chi connectivity index (χ3v) is 5.47. The normalized spacial score (nSPS) is 11.9. The number of carbonyl (C=O) groups excluding carboxylic acids is 1. The standard InChI is InChI=1S/C18H20N4O2S2/c1-12(14-7-3-4-8-15(14)24-2)19-17(23)11-26-18-20-16(21-22-18)10-13-6-5-9-25-13/h3-9,12H,10-11H2,1-2H3,(H,19,23)(H,20,21,22). The molecule has 0 fully saturated rings. The van der Waals surface area contributed by atoms with Crippen molar-refractivity contribution in [2.75, 3.05) is 12.9 Å². The van der Waals surface area contributed by atoms with E-state index >= 15 is 0 Å². The number of methoxy groups -OCH3 is 1. The number of aromatic nitrogens is 3. The first kappa shape index (κ1) is 18.5. The Morgan fingerprint density at radius 3 is 2.96 bits per heavy atom. The van der Waals surface area contributed by atoms with Crippen molar-refractivity contribution in [1.29, 1.82) is 0 Å². The Kier molecular flexibility index (Phi) is 6.30. The van der Waals surface area contributed by atoms with Crippen molar-refractivity contribution >= 4 is 29.0 Å². The number of hydrogen-bond donors (Lipinski definition) is 2. The van der Waals surface area contributed by atoms with E-state index in [2.05, 4.69) is 26.6 Å². The van der Waals surface area contributed by atoms with Crippen LogP contribution in [0.25, 0.3) is 0 Å². The molecule has 2 heterocycles. The van der Waals surface area contributed by atoms with Gasteiger partial charge < -0.3 is 10.1 Å². The lowest BCUT2D eigenvalue weighted by atomic mass is 10.1. The van der Waals surface area contributed by atoms with Gasteiger partial charge in [0, 0.05) is 16.9 Å². The predicted octanol–water partition coefficient (Wildman–Crippen LogP) is 3.44. The lowest BCUT2D eigenvalue weighted by molar-refractivity contribution is -0.119. The molecule has 1 amide bonds. The second kappa shape index (κ2) is 8.86. The molecule has 2 aromatic heterocycles. The minimum absolute atomic E-state index is 0.0713. The van der Waals surface area contributed by atoms with Crippen LogP contribution in [0, 0.1) is 0 Å². The Hall–Kier alpha value is -2.32. The van der Waals surface area contributed by atoms with Crippen molar-refractivity contribution in [1.82, 2.24) is 20.5 Å². The summed E-state index contributed by atoms with van der Waals surface area (Å²) >= 11 is 3.00. The predicted molar refractivity (Wildman–Crippen MR) is 104 cm³/mol. The van der Waals surface area contributed by atoms with E-state index in [4.69, 9.17) is 4.74 Å². The first-order valence-electron chi connectivity index (χ1n) is 8.14. The maximum absolute atomic E-state index is 12.2. The van der Waals surface area contributed by atoms with E-state index < -0.39 is 0 Å². The summed E-state index contributed by atoms with van der Waals surface area (Å²) in [7, 11) is 1.63. The average Bonchev–Trinajstić information content (AvgIpc) is 3.32. The van der Waals surface area contributed by atoms with Gasteiger partial charge in [-0.25, -0.2) is 4.98 Å². The molecule has 0 radical (unpaired) electrons. The molecule has 0 saturated carbocycles. The highest BCUT2D eigenvalue weighted by Gasteiger charge is 2.14. The molecule has 0 aliphatic rings. The van der Waals surface area contributed by atoms with Crippen molar-refractivity contribution in [3.05, 3.63) is 58.0 Å². The van der Waals surface area contributed by atoms with Crippen LogP contribution in [0.5, 0.6) is 5.75 Å². The Bertz CT molecular complexity index is 849. The van der Waals surface area contributed by atoms with Crippen molar-refractivity contribution in [3.8, 4) is 5.75 Å². The SMILES string of the molecule is COc1ccccc1C(C)NC(=O)CSc1n[nH]c(Cc2cccs2)n1. The van der Waals surface area contributed by atoms with Crippen LogP contribution in [0.1, 0.15) is 29.2 Å². The van der Waals surface area contributed by atoms with Gasteiger partial charge in [-0.05, 0) is 24.4 Å². The van der Waals surface area contributed by atoms with Gasteiger partial charge in [-0.15, -0.1) is 16.4 Å². The molecule has 0 aliphatic carbocycles. The zero-order valence-corrected chi connectivity index (χ0v) is 16.2. The quantitative estimate of drug-likeness (QED) is 0.578. The van der Waals surface area contributed by atoms with Gasteiger partial charge in [-0.2, -0.15) is 0 Å². The topological polar surface area (TPSA) is 79.9 Å². The summed E-state index contributed by atoms with van der Waals surface area (Å²) in [6.45, 7) is 1.94. The lowest BCUT2D eigenvalue weighted by Gasteiger charge is -2.16. The van der Waals surface area contributed by atoms with Crippen molar-refractivity contribution in [2.24, 2.45) is 0 Å². The summed E-state index contributed by atoms with van der Waals surface area (Å²) in [6, 6.07) is 11.6. The van der Waals surface area contributed by atoms with Crippen molar-refractivity contribution in [3.63, 3.8) is 0 Å². The van der Waals surface area contributed by atoms with Gasteiger partial charge in [-0.3, -0.25) is 9.89 Å². The number of ether oxygens (including phenoxy) is 1. The summed E-state index contributed by atoms with van der Waals surface area (Å²) in [6.07, 6.45) is 0.724. The largest absolute Gasteiger partial charge is 0.496 e. The second-order valence-corrected chi connectivity index (χ2v) is 7.62. The molecule has 3 aromatic rings. The molecule has 1 aromatic carbocycles. The summed E-state index contributed by atoms with van der Waals surface area (Å²) in [5.41, 5.74) is 0.949. The first-order chi connectivity index (χ1) is 12.7. The minimum Gasteiger partial charge on any atom is -0.496 e. The Labute approximate surface area is 160 Å². The Balaban J connectivity index is 1.50. The number of thioether (sulfide) groups is 1. The number of benzene rings is 1. The highest BCUT2D eigenvalue weighted by Crippen LogP contribution is 2.24. The van der Waals surface area contributed by atoms with Gasteiger partial charge in [0.1, 0.15) is 11.6 Å². The number of nitrogens with zero attached hydrogens (tertiary/aromatic N) is 2. The van der Waals surface area contributed by atoms with E-state index in [0.29, 0.717) is 5.16 Å². The number of amides is 1. The van der Waals surface area contributed by atoms with Crippen LogP contribution in [0.4, 0.5) is 0 Å². The first-order valence-corrected chi connectivity index (χ1v) is 10.0. The van der Waals surface area contributed by atoms with Crippen LogP contribution in [0.15, 0.2) is 46.9 Å². The molecule has 0 spiro atoms. The van der Waals surface area contributed by atoms with E-state index in [1.807, 2.05) is 42.6 Å². The summed E-state index contributed by atoms with van der Waals surface area (Å²) in [5.74, 6) is 1.76. The Morgan fingerprint density at radius 1 is 1.35 bits per heavy atom. The molecule has 0 aliphatic heterocycles. The highest BCUT2D eigenvalue weighted by molar-refractivity contribution is 7.99. The van der Waals surface area contributed by atoms with Crippen LogP contribution in [0.3, 0.4) is 0 Å². The number of H-pyrrole nitrogens is 1. The summed E-state index contributed by atoms with van der Waals surface area (Å²) in [5, 5.41) is 12.7. The number of rotatable bonds is 8. The number of thiophene rings is 1. The monoisotopic (exact) mass is 388 g/mol. The fraction of sp³-hybridized carbons (Fsp3) is 0.278. The minimum atomic E-state index is -0.138. The van der Waals surface area contributed by atoms with Crippen molar-refractivity contribution < 1.29 is 9.53 Å². The van der Waals surface area contributed by atoms with E-state index in [0.717, 1.165) is 23.6 Å². The van der Waals surface area contributed by atoms with E-state index in [1.54, 1.807) is 18.4 Å². The molecule has 136 valence electrons. The maximum atomic E-state index is 12.2. The van der Waals surface area contributed by atoms with Gasteiger partial charge in [0.2, 0.25) is 11.1 Å². The average molecular weight is 389 g/mol. The highest BCUT2D eigenvalue weighted by atomic mass is 32.2. The van der Waals surface area contributed by atoms with E-state index in [-0.39, 0.29) is 17.7 Å². The molecule has 0 saturated heterocycles. The molecule has 1 atom stereocenters. The van der Waals surface area contributed by atoms with Gasteiger partial charge in [0.15, 0.2) is 0 Å². The Morgan fingerprint density at radius 2 is 2.19 bits per heavy atom. The molecule has 26 heavy (non-hydrogen) atoms. The molecular formula is C18H20N4O2S2. The molecule has 2 N–H and O–H groups in total. The van der Waals surface area contributed by atoms with E-state index in [9.17, 15) is 4.79 Å². The number of carbonyl (C=O) groups is 1. The number of aromatic amines is 1. The third-order valence-electron chi connectivity index (χ3n) is 3.75. The van der Waals surface area contributed by atoms with Gasteiger partial charge in [-0.1, -0.05) is 36.0 Å². The third kappa shape index (κ3) is 4.86. The molecular weight excluding hydrogens is 368 g/mol. The smallest absolute Gasteiger partial charge is 0.230 e. The van der Waals surface area contributed by atoms with Crippen LogP contribution >= 0.6 is 23.1 Å². The fourth-order valence-corrected chi connectivity index (χ4v) is 3.85. The molecule has 8 heteroatoms. The maximum Gasteiger partial charge on any atom is 0.230 e. The zero-order valence-electron chi connectivity index (χ0n) is 14.6. The van der Waals surface area contributed by atoms with Gasteiger partial charge in [0.25, 0.3) is 0 Å². The number of nitrogens with one attached hydrogen (secondary N) is 2. The summed E-state index contributed by atoms with van der Waals surface area (Å²) in [4.78, 5) is 17.9. The second-order valence-electron chi connectivity index (χ2n) is 5.64. The lowest BCUT2D eigenvalue weighted by Crippen LogP contribution is -2.28. The molecule has 0 bridgehead atoms. The molecule has 3 rings (SSSR count). The van der Waals surface area contributed by atoms with E-state index in [1.165, 1.54) is 16.6 Å². The zero-order chi connectivity index (χ0) is 18.4. The van der Waals surface area contributed by atoms with Crippen LogP contribution in [-0.4, -0.2) is 34.0 Å². The van der Waals surface area contributed by atoms with Crippen molar-refractivity contribution in [2.45, 2.75) is 24.5 Å². The van der Waals surface area contributed by atoms with Crippen LogP contribution < -0.4 is 10.1 Å². The fourth-order valence-electron chi connectivity index (χ4n) is 2.51. The van der Waals surface area contributed by atoms with Gasteiger partial charge >= 0.3 is 0 Å². The molecule has 1 unspecified atom stereocenters. The molecule has 6 nitrogen and oxygen atoms in total. The van der Waals surface area contributed by atoms with Gasteiger partial charge in [0.05, 0.1) is 18.9 Å².